The number of carbonyl (C=O) groups is 2. The minimum atomic E-state index is -4.50. The van der Waals surface area contributed by atoms with Crippen molar-refractivity contribution in [2.24, 2.45) is 0 Å². The second-order valence-corrected chi connectivity index (χ2v) is 6.73. The van der Waals surface area contributed by atoms with Crippen molar-refractivity contribution in [1.82, 2.24) is 9.88 Å². The third-order valence-electron chi connectivity index (χ3n) is 4.39. The maximum Gasteiger partial charge on any atom is 0.416 e. The fourth-order valence-corrected chi connectivity index (χ4v) is 3.09. The van der Waals surface area contributed by atoms with E-state index in [1.54, 1.807) is 0 Å². The van der Waals surface area contributed by atoms with E-state index in [0.717, 1.165) is 34.2 Å². The van der Waals surface area contributed by atoms with Crippen LogP contribution in [-0.4, -0.2) is 46.0 Å². The molecule has 1 atom stereocenters. The normalized spacial score (nSPS) is 17.8. The van der Waals surface area contributed by atoms with Crippen molar-refractivity contribution in [3.05, 3.63) is 58.5 Å². The molecule has 1 aliphatic rings. The minimum absolute atomic E-state index is 0.00433. The molecule has 0 radical (unpaired) electrons. The second-order valence-electron chi connectivity index (χ2n) is 6.30. The highest BCUT2D eigenvalue weighted by molar-refractivity contribution is 6.30. The van der Waals surface area contributed by atoms with Crippen LogP contribution in [0.15, 0.2) is 36.5 Å². The maximum atomic E-state index is 14.1. The van der Waals surface area contributed by atoms with Gasteiger partial charge >= 0.3 is 6.18 Å². The van der Waals surface area contributed by atoms with Crippen LogP contribution in [-0.2, 0) is 22.3 Å². The quantitative estimate of drug-likeness (QED) is 0.755. The van der Waals surface area contributed by atoms with Gasteiger partial charge in [0, 0.05) is 12.7 Å². The van der Waals surface area contributed by atoms with Crippen LogP contribution < -0.4 is 4.90 Å². The number of aliphatic hydroxyl groups is 1. The van der Waals surface area contributed by atoms with Crippen LogP contribution in [0.3, 0.4) is 0 Å². The maximum absolute atomic E-state index is 14.1. The van der Waals surface area contributed by atoms with Gasteiger partial charge in [-0.05, 0) is 23.8 Å². The molecule has 3 rings (SSSR count). The standard InChI is InChI=1S/C18H14ClF4N3O3/c19-12-5-13(20)16(24-6-12)26-8-15(28)25(14(9-27)17(26)29)7-10-1-3-11(4-2-10)18(21,22)23/h1-6,14,27H,7-9H2/t14-/m0/s1. The van der Waals surface area contributed by atoms with Crippen molar-refractivity contribution >= 4 is 29.2 Å². The summed E-state index contributed by atoms with van der Waals surface area (Å²) in [5.41, 5.74) is -0.515. The molecule has 1 saturated heterocycles. The van der Waals surface area contributed by atoms with Crippen LogP contribution >= 0.6 is 11.6 Å². The van der Waals surface area contributed by atoms with Crippen LogP contribution in [0.1, 0.15) is 11.1 Å². The lowest BCUT2D eigenvalue weighted by atomic mass is 10.1. The summed E-state index contributed by atoms with van der Waals surface area (Å²) in [7, 11) is 0. The zero-order valence-electron chi connectivity index (χ0n) is 14.7. The minimum Gasteiger partial charge on any atom is -0.394 e. The summed E-state index contributed by atoms with van der Waals surface area (Å²) in [6.07, 6.45) is -3.39. The smallest absolute Gasteiger partial charge is 0.394 e. The van der Waals surface area contributed by atoms with Crippen LogP contribution in [0, 0.1) is 5.82 Å². The molecule has 6 nitrogen and oxygen atoms in total. The predicted molar refractivity (Wildman–Crippen MR) is 94.4 cm³/mol. The number of piperazine rings is 1. The van der Waals surface area contributed by atoms with Gasteiger partial charge in [-0.15, -0.1) is 0 Å². The molecule has 2 amide bonds. The lowest BCUT2D eigenvalue weighted by molar-refractivity contribution is -0.145. The molecule has 1 aromatic carbocycles. The molecule has 29 heavy (non-hydrogen) atoms. The first kappa shape index (κ1) is 21.0. The highest BCUT2D eigenvalue weighted by atomic mass is 35.5. The van der Waals surface area contributed by atoms with Gasteiger partial charge in [0.2, 0.25) is 5.91 Å². The van der Waals surface area contributed by atoms with E-state index in [0.29, 0.717) is 5.56 Å². The Labute approximate surface area is 167 Å². The van der Waals surface area contributed by atoms with Crippen molar-refractivity contribution in [3.63, 3.8) is 0 Å². The van der Waals surface area contributed by atoms with Crippen molar-refractivity contribution < 1.29 is 32.3 Å². The number of pyridine rings is 1. The number of halogens is 5. The summed E-state index contributed by atoms with van der Waals surface area (Å²) >= 11 is 5.64. The number of carbonyl (C=O) groups excluding carboxylic acids is 2. The first-order chi connectivity index (χ1) is 13.6. The summed E-state index contributed by atoms with van der Waals surface area (Å²) in [4.78, 5) is 30.9. The summed E-state index contributed by atoms with van der Waals surface area (Å²) < 4.78 is 52.2. The summed E-state index contributed by atoms with van der Waals surface area (Å²) in [5, 5.41) is 9.64. The molecular formula is C18H14ClF4N3O3. The number of alkyl halides is 3. The SMILES string of the molecule is O=C1[C@H](CO)N(Cc2ccc(C(F)(F)F)cc2)C(=O)CN1c1ncc(Cl)cc1F. The Balaban J connectivity index is 1.83. The van der Waals surface area contributed by atoms with Gasteiger partial charge in [0.1, 0.15) is 12.6 Å². The van der Waals surface area contributed by atoms with Crippen LogP contribution in [0.25, 0.3) is 0 Å². The topological polar surface area (TPSA) is 73.7 Å². The zero-order valence-corrected chi connectivity index (χ0v) is 15.4. The highest BCUT2D eigenvalue weighted by Gasteiger charge is 2.41. The number of benzene rings is 1. The van der Waals surface area contributed by atoms with Crippen LogP contribution in [0.5, 0.6) is 0 Å². The number of aliphatic hydroxyl groups excluding tert-OH is 1. The first-order valence-corrected chi connectivity index (χ1v) is 8.68. The Morgan fingerprint density at radius 1 is 1.21 bits per heavy atom. The summed E-state index contributed by atoms with van der Waals surface area (Å²) in [6.45, 7) is -1.49. The molecule has 0 aliphatic carbocycles. The Hall–Kier alpha value is -2.72. The molecule has 154 valence electrons. The van der Waals surface area contributed by atoms with E-state index in [-0.39, 0.29) is 11.6 Å². The zero-order chi connectivity index (χ0) is 21.3. The fourth-order valence-electron chi connectivity index (χ4n) is 2.95. The number of amides is 2. The van der Waals surface area contributed by atoms with Crippen LogP contribution in [0.2, 0.25) is 5.02 Å². The number of rotatable bonds is 4. The molecule has 1 aliphatic heterocycles. The van der Waals surface area contributed by atoms with Crippen molar-refractivity contribution in [2.75, 3.05) is 18.1 Å². The fraction of sp³-hybridized carbons (Fsp3) is 0.278. The molecule has 2 aromatic rings. The van der Waals surface area contributed by atoms with Gasteiger partial charge in [-0.3, -0.25) is 14.5 Å². The van der Waals surface area contributed by atoms with E-state index in [2.05, 4.69) is 4.98 Å². The molecular weight excluding hydrogens is 418 g/mol. The van der Waals surface area contributed by atoms with Gasteiger partial charge in [-0.25, -0.2) is 9.37 Å². The summed E-state index contributed by atoms with van der Waals surface area (Å²) in [6, 6.07) is 3.68. The van der Waals surface area contributed by atoms with Crippen molar-refractivity contribution in [2.45, 2.75) is 18.8 Å². The third-order valence-corrected chi connectivity index (χ3v) is 4.60. The largest absolute Gasteiger partial charge is 0.416 e. The van der Waals surface area contributed by atoms with Gasteiger partial charge in [0.05, 0.1) is 17.2 Å². The molecule has 0 spiro atoms. The van der Waals surface area contributed by atoms with E-state index in [4.69, 9.17) is 11.6 Å². The molecule has 11 heteroatoms. The summed E-state index contributed by atoms with van der Waals surface area (Å²) in [5.74, 6) is -2.71. The van der Waals surface area contributed by atoms with Gasteiger partial charge < -0.3 is 10.0 Å². The monoisotopic (exact) mass is 431 g/mol. The lowest BCUT2D eigenvalue weighted by Gasteiger charge is -2.39. The average molecular weight is 432 g/mol. The Bertz CT molecular complexity index is 937. The average Bonchev–Trinajstić information content (AvgIpc) is 2.65. The third kappa shape index (κ3) is 4.33. The van der Waals surface area contributed by atoms with E-state index in [9.17, 15) is 32.3 Å². The lowest BCUT2D eigenvalue weighted by Crippen LogP contribution is -2.61. The number of anilines is 1. The van der Waals surface area contributed by atoms with E-state index >= 15 is 0 Å². The predicted octanol–water partition coefficient (Wildman–Crippen LogP) is 2.63. The van der Waals surface area contributed by atoms with Crippen LogP contribution in [0.4, 0.5) is 23.4 Å². The van der Waals surface area contributed by atoms with E-state index in [1.807, 2.05) is 0 Å². The number of hydrogen-bond acceptors (Lipinski definition) is 4. The van der Waals surface area contributed by atoms with E-state index in [1.165, 1.54) is 12.1 Å². The Morgan fingerprint density at radius 3 is 2.41 bits per heavy atom. The molecule has 1 N–H and O–H groups in total. The van der Waals surface area contributed by atoms with Crippen molar-refractivity contribution in [3.8, 4) is 0 Å². The van der Waals surface area contributed by atoms with Gasteiger partial charge in [0.15, 0.2) is 11.6 Å². The van der Waals surface area contributed by atoms with E-state index < -0.39 is 54.4 Å². The van der Waals surface area contributed by atoms with Crippen molar-refractivity contribution in [1.29, 1.82) is 0 Å². The Morgan fingerprint density at radius 2 is 1.86 bits per heavy atom. The molecule has 0 bridgehead atoms. The number of aromatic nitrogens is 1. The highest BCUT2D eigenvalue weighted by Crippen LogP contribution is 2.30. The second kappa shape index (κ2) is 7.96. The number of nitrogens with zero attached hydrogens (tertiary/aromatic N) is 3. The van der Waals surface area contributed by atoms with Gasteiger partial charge in [-0.1, -0.05) is 23.7 Å². The molecule has 1 fully saturated rings. The van der Waals surface area contributed by atoms with Gasteiger partial charge in [-0.2, -0.15) is 13.2 Å². The number of hydrogen-bond donors (Lipinski definition) is 1. The molecule has 1 aromatic heterocycles. The molecule has 0 saturated carbocycles. The first-order valence-electron chi connectivity index (χ1n) is 8.30. The molecule has 0 unspecified atom stereocenters. The Kier molecular flexibility index (Phi) is 5.76. The molecule has 2 heterocycles. The van der Waals surface area contributed by atoms with Gasteiger partial charge in [0.25, 0.3) is 5.91 Å².